The number of nitrogens with one attached hydrogen (secondary N) is 2. The fraction of sp³-hybridized carbons (Fsp3) is 0.257. The molecule has 4 aromatic carbocycles. The van der Waals surface area contributed by atoms with Crippen LogP contribution in [-0.2, 0) is 27.4 Å². The molecule has 1 saturated heterocycles. The Morgan fingerprint density at radius 3 is 2.15 bits per heavy atom. The second kappa shape index (κ2) is 13.7. The molecule has 1 aliphatic heterocycles. The van der Waals surface area contributed by atoms with Crippen molar-refractivity contribution >= 4 is 38.9 Å². The van der Waals surface area contributed by atoms with Crippen LogP contribution in [0.1, 0.15) is 34.3 Å². The van der Waals surface area contributed by atoms with E-state index in [0.717, 1.165) is 29.5 Å². The first kappa shape index (κ1) is 34.5. The molecule has 1 heterocycles. The summed E-state index contributed by atoms with van der Waals surface area (Å²) in [6.07, 6.45) is -3.33. The highest BCUT2D eigenvalue weighted by Gasteiger charge is 2.46. The Morgan fingerprint density at radius 2 is 1.52 bits per heavy atom. The second-order valence-electron chi connectivity index (χ2n) is 11.9. The predicted octanol–water partition coefficient (Wildman–Crippen LogP) is 5.79. The fourth-order valence-electron chi connectivity index (χ4n) is 5.97. The number of nitrogen functional groups attached to an aromatic ring is 1. The normalized spacial score (nSPS) is 15.4. The minimum absolute atomic E-state index is 0.168. The molecule has 9 nitrogen and oxygen atoms in total. The monoisotopic (exact) mass is 680 g/mol. The lowest BCUT2D eigenvalue weighted by Crippen LogP contribution is -2.54. The number of amides is 2. The lowest BCUT2D eigenvalue weighted by Gasteiger charge is -2.40. The number of alkyl halides is 3. The smallest absolute Gasteiger partial charge is 0.398 e. The van der Waals surface area contributed by atoms with Crippen LogP contribution in [0.25, 0.3) is 11.1 Å². The number of sulfonamides is 1. The van der Waals surface area contributed by atoms with Crippen molar-refractivity contribution in [3.63, 3.8) is 0 Å². The van der Waals surface area contributed by atoms with Crippen molar-refractivity contribution in [1.82, 2.24) is 4.90 Å². The number of aliphatic hydroxyl groups is 1. The van der Waals surface area contributed by atoms with Gasteiger partial charge in [-0.3, -0.25) is 14.3 Å². The first-order valence-corrected chi connectivity index (χ1v) is 17.0. The Balaban J connectivity index is 1.42. The molecule has 4 aromatic rings. The van der Waals surface area contributed by atoms with E-state index in [2.05, 4.69) is 10.0 Å². The van der Waals surface area contributed by atoms with Gasteiger partial charge in [-0.1, -0.05) is 54.6 Å². The van der Waals surface area contributed by atoms with Crippen LogP contribution in [-0.4, -0.2) is 55.2 Å². The minimum atomic E-state index is -4.75. The number of rotatable bonds is 9. The van der Waals surface area contributed by atoms with Gasteiger partial charge in [-0.05, 0) is 72.0 Å². The Hall–Kier alpha value is -4.88. The first-order chi connectivity index (χ1) is 22.6. The molecule has 0 spiro atoms. The van der Waals surface area contributed by atoms with Gasteiger partial charge in [0.15, 0.2) is 0 Å². The van der Waals surface area contributed by atoms with Crippen LogP contribution in [0, 0.1) is 5.92 Å². The van der Waals surface area contributed by atoms with E-state index >= 15 is 0 Å². The number of piperidine rings is 1. The number of nitrogens with zero attached hydrogens (tertiary/aromatic N) is 1. The third-order valence-corrected chi connectivity index (χ3v) is 9.02. The van der Waals surface area contributed by atoms with Gasteiger partial charge in [0.05, 0.1) is 11.8 Å². The van der Waals surface area contributed by atoms with Crippen molar-refractivity contribution in [3.8, 4) is 11.1 Å². The number of likely N-dealkylation sites (tertiary alicyclic amines) is 1. The Labute approximate surface area is 276 Å². The molecule has 0 aliphatic carbocycles. The van der Waals surface area contributed by atoms with Crippen LogP contribution in [0.3, 0.4) is 0 Å². The van der Waals surface area contributed by atoms with Crippen LogP contribution in [0.2, 0.25) is 0 Å². The van der Waals surface area contributed by atoms with Crippen molar-refractivity contribution in [2.75, 3.05) is 35.1 Å². The van der Waals surface area contributed by atoms with Crippen LogP contribution in [0.4, 0.5) is 30.2 Å². The van der Waals surface area contributed by atoms with E-state index < -0.39 is 44.9 Å². The number of carbonyl (C=O) groups is 2. The molecule has 1 aliphatic rings. The molecule has 48 heavy (non-hydrogen) atoms. The van der Waals surface area contributed by atoms with Gasteiger partial charge in [0.1, 0.15) is 5.60 Å². The molecule has 0 bridgehead atoms. The Kier molecular flexibility index (Phi) is 9.83. The molecule has 0 aromatic heterocycles. The summed E-state index contributed by atoms with van der Waals surface area (Å²) in [6, 6.07) is 25.6. The van der Waals surface area contributed by atoms with Crippen molar-refractivity contribution in [3.05, 3.63) is 114 Å². The highest BCUT2D eigenvalue weighted by molar-refractivity contribution is 7.92. The molecule has 5 rings (SSSR count). The number of anilines is 3. The number of nitrogens with two attached hydrogens (primary N) is 1. The highest BCUT2D eigenvalue weighted by Crippen LogP contribution is 2.37. The van der Waals surface area contributed by atoms with Crippen molar-refractivity contribution in [1.29, 1.82) is 0 Å². The standard InChI is InChI=1S/C35H35F3N4O5S/c1-48(46,47)41-28-12-10-24(11-13-28)26-9-5-6-23(20-26)22-34(45,33(44)40-29-14-15-31(39)30(21-29)35(36,37)38)27-16-18-42(19-17-27)32(43)25-7-3-2-4-8-25/h2-15,20-21,27,41,45H,16-19,22,39H2,1H3,(H,40,44). The molecule has 1 atom stereocenters. The lowest BCUT2D eigenvalue weighted by atomic mass is 9.75. The van der Waals surface area contributed by atoms with E-state index in [9.17, 15) is 36.3 Å². The zero-order valence-electron chi connectivity index (χ0n) is 26.0. The summed E-state index contributed by atoms with van der Waals surface area (Å²) in [5.41, 5.74) is 4.67. The SMILES string of the molecule is CS(=O)(=O)Nc1ccc(-c2cccc(CC(O)(C(=O)Nc3ccc(N)c(C(F)(F)F)c3)C3CCN(C(=O)c4ccccc4)CC3)c2)cc1. The Bertz CT molecular complexity index is 1900. The van der Waals surface area contributed by atoms with Crippen molar-refractivity contribution < 1.29 is 36.3 Å². The molecular weight excluding hydrogens is 645 g/mol. The largest absolute Gasteiger partial charge is 0.418 e. The maximum atomic E-state index is 13.9. The third-order valence-electron chi connectivity index (χ3n) is 8.41. The maximum Gasteiger partial charge on any atom is 0.418 e. The number of hydrogen-bond acceptors (Lipinski definition) is 6. The van der Waals surface area contributed by atoms with E-state index in [1.54, 1.807) is 77.7 Å². The lowest BCUT2D eigenvalue weighted by molar-refractivity contribution is -0.142. The molecule has 0 radical (unpaired) electrons. The van der Waals surface area contributed by atoms with Crippen LogP contribution in [0.5, 0.6) is 0 Å². The molecular formula is C35H35F3N4O5S. The molecule has 1 fully saturated rings. The van der Waals surface area contributed by atoms with Crippen LogP contribution < -0.4 is 15.8 Å². The van der Waals surface area contributed by atoms with Crippen LogP contribution in [0.15, 0.2) is 97.1 Å². The quantitative estimate of drug-likeness (QED) is 0.165. The number of benzene rings is 4. The predicted molar refractivity (Wildman–Crippen MR) is 179 cm³/mol. The molecule has 5 N–H and O–H groups in total. The summed E-state index contributed by atoms with van der Waals surface area (Å²) in [5, 5.41) is 14.7. The van der Waals surface area contributed by atoms with E-state index in [-0.39, 0.29) is 43.9 Å². The van der Waals surface area contributed by atoms with Gasteiger partial charge in [0.2, 0.25) is 10.0 Å². The fourth-order valence-corrected chi connectivity index (χ4v) is 6.53. The topological polar surface area (TPSA) is 142 Å². The molecule has 1 unspecified atom stereocenters. The zero-order chi connectivity index (χ0) is 34.7. The number of carbonyl (C=O) groups excluding carboxylic acids is 2. The summed E-state index contributed by atoms with van der Waals surface area (Å²) in [4.78, 5) is 28.6. The molecule has 0 saturated carbocycles. The average Bonchev–Trinajstić information content (AvgIpc) is 3.05. The van der Waals surface area contributed by atoms with Gasteiger partial charge in [-0.15, -0.1) is 0 Å². The molecule has 13 heteroatoms. The zero-order valence-corrected chi connectivity index (χ0v) is 26.8. The summed E-state index contributed by atoms with van der Waals surface area (Å²) in [5.74, 6) is -1.69. The van der Waals surface area contributed by atoms with Gasteiger partial charge >= 0.3 is 6.18 Å². The van der Waals surface area contributed by atoms with E-state index in [4.69, 9.17) is 5.73 Å². The number of halogens is 3. The van der Waals surface area contributed by atoms with Gasteiger partial charge in [0, 0.05) is 48.1 Å². The van der Waals surface area contributed by atoms with Gasteiger partial charge < -0.3 is 21.1 Å². The molecule has 252 valence electrons. The average molecular weight is 681 g/mol. The minimum Gasteiger partial charge on any atom is -0.398 e. The second-order valence-corrected chi connectivity index (χ2v) is 13.7. The van der Waals surface area contributed by atoms with E-state index in [1.807, 2.05) is 6.07 Å². The van der Waals surface area contributed by atoms with Crippen LogP contribution >= 0.6 is 0 Å². The number of hydrogen-bond donors (Lipinski definition) is 4. The summed E-state index contributed by atoms with van der Waals surface area (Å²) < 4.78 is 66.3. The van der Waals surface area contributed by atoms with E-state index in [0.29, 0.717) is 16.8 Å². The maximum absolute atomic E-state index is 13.9. The summed E-state index contributed by atoms with van der Waals surface area (Å²) in [7, 11) is -3.46. The first-order valence-electron chi connectivity index (χ1n) is 15.1. The summed E-state index contributed by atoms with van der Waals surface area (Å²) >= 11 is 0. The third kappa shape index (κ3) is 8.15. The van der Waals surface area contributed by atoms with Gasteiger partial charge in [-0.25, -0.2) is 8.42 Å². The van der Waals surface area contributed by atoms with Gasteiger partial charge in [-0.2, -0.15) is 13.2 Å². The summed E-state index contributed by atoms with van der Waals surface area (Å²) in [6.45, 7) is 0.532. The highest BCUT2D eigenvalue weighted by atomic mass is 32.2. The van der Waals surface area contributed by atoms with Gasteiger partial charge in [0.25, 0.3) is 11.8 Å². The van der Waals surface area contributed by atoms with Crippen molar-refractivity contribution in [2.45, 2.75) is 31.0 Å². The Morgan fingerprint density at radius 1 is 0.875 bits per heavy atom. The van der Waals surface area contributed by atoms with E-state index in [1.165, 1.54) is 6.07 Å². The van der Waals surface area contributed by atoms with Crippen molar-refractivity contribution in [2.24, 2.45) is 5.92 Å². The molecule has 2 amide bonds.